The molecule has 0 unspecified atom stereocenters. The molecular formula is C23H25N3O3S. The van der Waals surface area contributed by atoms with E-state index in [-0.39, 0.29) is 18.5 Å². The molecule has 0 aliphatic rings. The number of carbonyl (C=O) groups excluding carboxylic acids is 2. The summed E-state index contributed by atoms with van der Waals surface area (Å²) in [7, 11) is 0. The zero-order chi connectivity index (χ0) is 21.9. The molecule has 6 nitrogen and oxygen atoms in total. The molecule has 0 bridgehead atoms. The molecule has 0 atom stereocenters. The van der Waals surface area contributed by atoms with Gasteiger partial charge in [-0.1, -0.05) is 35.6 Å². The number of aryl methyl sites for hydroxylation is 1. The fourth-order valence-corrected chi connectivity index (χ4v) is 3.58. The first-order valence-corrected chi connectivity index (χ1v) is 10.5. The van der Waals surface area contributed by atoms with E-state index >= 15 is 0 Å². The Bertz CT molecular complexity index is 1130. The van der Waals surface area contributed by atoms with E-state index in [4.69, 9.17) is 4.74 Å². The number of ether oxygens (including phenoxy) is 1. The van der Waals surface area contributed by atoms with Gasteiger partial charge in [0.15, 0.2) is 0 Å². The number of benzene rings is 1. The number of fused-ring (bicyclic) bond motifs is 1. The van der Waals surface area contributed by atoms with Gasteiger partial charge in [-0.15, -0.1) is 0 Å². The van der Waals surface area contributed by atoms with Crippen LogP contribution < -0.4 is 5.32 Å². The topological polar surface area (TPSA) is 81.2 Å². The van der Waals surface area contributed by atoms with E-state index in [9.17, 15) is 9.59 Å². The number of nitrogens with one attached hydrogen (secondary N) is 1. The van der Waals surface area contributed by atoms with Crippen LogP contribution in [0.15, 0.2) is 36.5 Å². The molecule has 0 aliphatic carbocycles. The molecule has 0 saturated carbocycles. The highest BCUT2D eigenvalue weighted by Crippen LogP contribution is 2.25. The fraction of sp³-hybridized carbons (Fsp3) is 0.304. The second kappa shape index (κ2) is 8.75. The third-order valence-electron chi connectivity index (χ3n) is 4.34. The molecule has 1 amide bonds. The molecule has 0 spiro atoms. The highest BCUT2D eigenvalue weighted by molar-refractivity contribution is 7.18. The second-order valence-corrected chi connectivity index (χ2v) is 9.07. The van der Waals surface area contributed by atoms with Gasteiger partial charge in [-0.25, -0.2) is 9.97 Å². The molecule has 1 N–H and O–H groups in total. The Kier molecular flexibility index (Phi) is 6.31. The van der Waals surface area contributed by atoms with E-state index in [1.165, 1.54) is 11.3 Å². The summed E-state index contributed by atoms with van der Waals surface area (Å²) >= 11 is 1.36. The Morgan fingerprint density at radius 3 is 2.67 bits per heavy atom. The molecule has 0 aliphatic heterocycles. The van der Waals surface area contributed by atoms with Crippen molar-refractivity contribution in [1.82, 2.24) is 9.97 Å². The van der Waals surface area contributed by atoms with Crippen LogP contribution in [0.25, 0.3) is 16.4 Å². The van der Waals surface area contributed by atoms with Crippen molar-refractivity contribution in [2.75, 3.05) is 5.32 Å². The Labute approximate surface area is 180 Å². The lowest BCUT2D eigenvalue weighted by molar-refractivity contribution is -0.154. The van der Waals surface area contributed by atoms with Crippen LogP contribution in [0, 0.1) is 12.3 Å². The van der Waals surface area contributed by atoms with E-state index in [1.807, 2.05) is 44.2 Å². The summed E-state index contributed by atoms with van der Waals surface area (Å²) < 4.78 is 5.32. The molecule has 2 heterocycles. The smallest absolute Gasteiger partial charge is 0.311 e. The van der Waals surface area contributed by atoms with Gasteiger partial charge < -0.3 is 10.1 Å². The van der Waals surface area contributed by atoms with Gasteiger partial charge in [0.05, 0.1) is 17.3 Å². The fourth-order valence-electron chi connectivity index (χ4n) is 2.78. The van der Waals surface area contributed by atoms with Crippen molar-refractivity contribution in [3.63, 3.8) is 0 Å². The second-order valence-electron chi connectivity index (χ2n) is 8.01. The van der Waals surface area contributed by atoms with Gasteiger partial charge in [0.25, 0.3) is 5.91 Å². The highest BCUT2D eigenvalue weighted by Gasteiger charge is 2.23. The quantitative estimate of drug-likeness (QED) is 0.558. The minimum atomic E-state index is -0.560. The first-order valence-electron chi connectivity index (χ1n) is 9.65. The minimum Gasteiger partial charge on any atom is -0.458 e. The average molecular weight is 424 g/mol. The molecule has 7 heteroatoms. The number of anilines is 1. The van der Waals surface area contributed by atoms with Gasteiger partial charge in [-0.3, -0.25) is 9.59 Å². The SMILES string of the molecule is C/C=C/c1ccc(C(=O)Nc2cnc3sc(COC(=O)C(C)(C)C)nc3c2)c(C)c1. The number of aromatic nitrogens is 2. The molecule has 0 saturated heterocycles. The molecule has 0 radical (unpaired) electrons. The predicted octanol–water partition coefficient (Wildman–Crippen LogP) is 5.37. The lowest BCUT2D eigenvalue weighted by atomic mass is 9.97. The monoisotopic (exact) mass is 423 g/mol. The number of esters is 1. The number of hydrogen-bond acceptors (Lipinski definition) is 6. The molecule has 2 aromatic heterocycles. The molecular weight excluding hydrogens is 398 g/mol. The summed E-state index contributed by atoms with van der Waals surface area (Å²) in [4.78, 5) is 34.2. The van der Waals surface area contributed by atoms with Crippen molar-refractivity contribution < 1.29 is 14.3 Å². The standard InChI is InChI=1S/C23H25N3O3S/c1-6-7-15-8-9-17(14(2)10-15)20(27)25-16-11-18-21(24-12-16)30-19(26-18)13-29-22(28)23(3,4)5/h6-12H,13H2,1-5H3,(H,25,27)/b7-6+. The summed E-state index contributed by atoms with van der Waals surface area (Å²) in [6.07, 6.45) is 5.56. The minimum absolute atomic E-state index is 0.108. The normalized spacial score (nSPS) is 11.8. The van der Waals surface area contributed by atoms with Crippen molar-refractivity contribution in [2.24, 2.45) is 5.41 Å². The highest BCUT2D eigenvalue weighted by atomic mass is 32.1. The Hall–Kier alpha value is -3.06. The number of carbonyl (C=O) groups is 2. The number of thiazole rings is 1. The van der Waals surface area contributed by atoms with Crippen LogP contribution in [-0.4, -0.2) is 21.8 Å². The van der Waals surface area contributed by atoms with E-state index < -0.39 is 5.41 Å². The number of amides is 1. The van der Waals surface area contributed by atoms with Gasteiger partial charge in [0.2, 0.25) is 0 Å². The number of allylic oxidation sites excluding steroid dienone is 1. The summed E-state index contributed by atoms with van der Waals surface area (Å²) in [6.45, 7) is 9.39. The van der Waals surface area contributed by atoms with Gasteiger partial charge >= 0.3 is 5.97 Å². The Balaban J connectivity index is 1.73. The maximum absolute atomic E-state index is 12.7. The molecule has 0 fully saturated rings. The van der Waals surface area contributed by atoms with Crippen LogP contribution in [0.2, 0.25) is 0 Å². The molecule has 30 heavy (non-hydrogen) atoms. The van der Waals surface area contributed by atoms with Crippen molar-refractivity contribution in [3.05, 3.63) is 58.2 Å². The van der Waals surface area contributed by atoms with E-state index in [1.54, 1.807) is 33.0 Å². The Morgan fingerprint density at radius 1 is 1.23 bits per heavy atom. The molecule has 1 aromatic carbocycles. The molecule has 156 valence electrons. The summed E-state index contributed by atoms with van der Waals surface area (Å²) in [5.74, 6) is -0.478. The van der Waals surface area contributed by atoms with Crippen molar-refractivity contribution in [3.8, 4) is 0 Å². The molecule has 3 rings (SSSR count). The van der Waals surface area contributed by atoms with Crippen LogP contribution in [0.1, 0.15) is 54.2 Å². The largest absolute Gasteiger partial charge is 0.458 e. The van der Waals surface area contributed by atoms with Gasteiger partial charge in [0, 0.05) is 5.56 Å². The van der Waals surface area contributed by atoms with Gasteiger partial charge in [-0.05, 0) is 57.9 Å². The summed E-state index contributed by atoms with van der Waals surface area (Å²) in [6, 6.07) is 7.47. The van der Waals surface area contributed by atoms with Crippen LogP contribution >= 0.6 is 11.3 Å². The van der Waals surface area contributed by atoms with E-state index in [0.29, 0.717) is 21.8 Å². The molecule has 3 aromatic rings. The number of hydrogen-bond donors (Lipinski definition) is 1. The average Bonchev–Trinajstić information content (AvgIpc) is 3.07. The van der Waals surface area contributed by atoms with E-state index in [2.05, 4.69) is 15.3 Å². The maximum atomic E-state index is 12.7. The first-order chi connectivity index (χ1) is 14.2. The van der Waals surface area contributed by atoms with E-state index in [0.717, 1.165) is 16.0 Å². The number of pyridine rings is 1. The zero-order valence-corrected chi connectivity index (χ0v) is 18.6. The van der Waals surface area contributed by atoms with Crippen molar-refractivity contribution in [2.45, 2.75) is 41.2 Å². The van der Waals surface area contributed by atoms with Crippen LogP contribution in [-0.2, 0) is 16.1 Å². The van der Waals surface area contributed by atoms with Crippen LogP contribution in [0.5, 0.6) is 0 Å². The van der Waals surface area contributed by atoms with Crippen molar-refractivity contribution >= 4 is 45.3 Å². The van der Waals surface area contributed by atoms with Gasteiger partial charge in [0.1, 0.15) is 22.0 Å². The third-order valence-corrected chi connectivity index (χ3v) is 5.30. The summed E-state index contributed by atoms with van der Waals surface area (Å²) in [5.41, 5.74) is 3.21. The predicted molar refractivity (Wildman–Crippen MR) is 121 cm³/mol. The number of nitrogens with zero attached hydrogens (tertiary/aromatic N) is 2. The lowest BCUT2D eigenvalue weighted by Gasteiger charge is -2.15. The van der Waals surface area contributed by atoms with Crippen LogP contribution in [0.4, 0.5) is 5.69 Å². The third kappa shape index (κ3) is 5.10. The Morgan fingerprint density at radius 2 is 2.00 bits per heavy atom. The summed E-state index contributed by atoms with van der Waals surface area (Å²) in [5, 5.41) is 3.54. The van der Waals surface area contributed by atoms with Crippen molar-refractivity contribution in [1.29, 1.82) is 0 Å². The lowest BCUT2D eigenvalue weighted by Crippen LogP contribution is -2.22. The maximum Gasteiger partial charge on any atom is 0.311 e. The zero-order valence-electron chi connectivity index (χ0n) is 17.8. The van der Waals surface area contributed by atoms with Crippen LogP contribution in [0.3, 0.4) is 0 Å². The van der Waals surface area contributed by atoms with Gasteiger partial charge in [-0.2, -0.15) is 0 Å². The number of rotatable bonds is 5. The first kappa shape index (κ1) is 21.6.